The maximum absolute atomic E-state index is 13.9. The lowest BCUT2D eigenvalue weighted by molar-refractivity contribution is 0.100. The summed E-state index contributed by atoms with van der Waals surface area (Å²) < 4.78 is 38.2. The highest BCUT2D eigenvalue weighted by Gasteiger charge is 2.20. The van der Waals surface area contributed by atoms with Gasteiger partial charge in [0.05, 0.1) is 4.90 Å². The smallest absolute Gasteiger partial charge is 0.280 e. The molecule has 0 aromatic heterocycles. The zero-order valence-corrected chi connectivity index (χ0v) is 15.1. The summed E-state index contributed by atoms with van der Waals surface area (Å²) in [6.07, 6.45) is 1.01. The Balaban J connectivity index is 2.62. The molecule has 0 spiro atoms. The van der Waals surface area contributed by atoms with Crippen molar-refractivity contribution in [3.8, 4) is 0 Å². The predicted octanol–water partition coefficient (Wildman–Crippen LogP) is 2.10. The standard InChI is InChI=1S/C16H16FN3O3S2/c1-9-7-13(24-12-6-4-3-5-11(12)17)14(25(2,22)23)8-10(9)15(21)20-16(18)19/h3-8H,1-2H3,(H4,18,19,20,21). The van der Waals surface area contributed by atoms with E-state index in [9.17, 15) is 17.6 Å². The number of halogens is 1. The van der Waals surface area contributed by atoms with Crippen molar-refractivity contribution in [2.75, 3.05) is 6.26 Å². The van der Waals surface area contributed by atoms with Gasteiger partial charge in [-0.25, -0.2) is 12.8 Å². The molecule has 2 aromatic rings. The van der Waals surface area contributed by atoms with Crippen LogP contribution in [0.25, 0.3) is 0 Å². The highest BCUT2D eigenvalue weighted by molar-refractivity contribution is 8.00. The molecule has 0 bridgehead atoms. The van der Waals surface area contributed by atoms with Gasteiger partial charge >= 0.3 is 0 Å². The number of guanidine groups is 1. The van der Waals surface area contributed by atoms with Crippen LogP contribution in [0.2, 0.25) is 0 Å². The number of aliphatic imine (C=N–C) groups is 1. The van der Waals surface area contributed by atoms with E-state index in [1.807, 2.05) is 0 Å². The topological polar surface area (TPSA) is 116 Å². The van der Waals surface area contributed by atoms with Crippen molar-refractivity contribution >= 4 is 33.5 Å². The molecule has 0 aliphatic heterocycles. The lowest BCUT2D eigenvalue weighted by Crippen LogP contribution is -2.24. The zero-order valence-electron chi connectivity index (χ0n) is 13.5. The van der Waals surface area contributed by atoms with Gasteiger partial charge in [-0.1, -0.05) is 23.9 Å². The summed E-state index contributed by atoms with van der Waals surface area (Å²) in [6, 6.07) is 8.73. The third-order valence-corrected chi connectivity index (χ3v) is 5.58. The lowest BCUT2D eigenvalue weighted by atomic mass is 10.1. The molecule has 2 aromatic carbocycles. The SMILES string of the molecule is Cc1cc(Sc2ccccc2F)c(S(C)(=O)=O)cc1C(=O)N=C(N)N. The van der Waals surface area contributed by atoms with Gasteiger partial charge in [0.1, 0.15) is 5.82 Å². The van der Waals surface area contributed by atoms with Crippen LogP contribution >= 0.6 is 11.8 Å². The van der Waals surface area contributed by atoms with E-state index in [4.69, 9.17) is 11.5 Å². The van der Waals surface area contributed by atoms with Gasteiger partial charge in [-0.2, -0.15) is 4.99 Å². The number of aryl methyl sites for hydroxylation is 1. The summed E-state index contributed by atoms with van der Waals surface area (Å²) >= 11 is 0.966. The number of amides is 1. The molecule has 0 fully saturated rings. The van der Waals surface area contributed by atoms with Crippen molar-refractivity contribution in [3.05, 3.63) is 53.3 Å². The summed E-state index contributed by atoms with van der Waals surface area (Å²) in [5.74, 6) is -1.63. The number of nitrogens with two attached hydrogens (primary N) is 2. The molecular weight excluding hydrogens is 365 g/mol. The monoisotopic (exact) mass is 381 g/mol. The minimum atomic E-state index is -3.67. The molecule has 4 N–H and O–H groups in total. The van der Waals surface area contributed by atoms with Crippen molar-refractivity contribution in [2.45, 2.75) is 21.6 Å². The summed E-state index contributed by atoms with van der Waals surface area (Å²) in [4.78, 5) is 16.0. The molecule has 1 amide bonds. The number of sulfone groups is 1. The average molecular weight is 381 g/mol. The second-order valence-corrected chi connectivity index (χ2v) is 8.33. The fourth-order valence-corrected chi connectivity index (χ4v) is 4.36. The van der Waals surface area contributed by atoms with Crippen molar-refractivity contribution < 1.29 is 17.6 Å². The summed E-state index contributed by atoms with van der Waals surface area (Å²) in [7, 11) is -3.67. The van der Waals surface area contributed by atoms with Crippen LogP contribution in [0.5, 0.6) is 0 Å². The molecule has 25 heavy (non-hydrogen) atoms. The van der Waals surface area contributed by atoms with Crippen molar-refractivity contribution in [1.82, 2.24) is 0 Å². The second kappa shape index (κ2) is 7.24. The number of hydrogen-bond donors (Lipinski definition) is 2. The number of nitrogens with zero attached hydrogens (tertiary/aromatic N) is 1. The minimum Gasteiger partial charge on any atom is -0.370 e. The van der Waals surface area contributed by atoms with E-state index in [1.165, 1.54) is 18.2 Å². The van der Waals surface area contributed by atoms with E-state index in [0.29, 0.717) is 10.5 Å². The molecule has 132 valence electrons. The Hall–Kier alpha value is -2.39. The normalized spacial score (nSPS) is 11.2. The van der Waals surface area contributed by atoms with Crippen LogP contribution in [0.15, 0.2) is 56.1 Å². The van der Waals surface area contributed by atoms with Crippen LogP contribution in [0, 0.1) is 12.7 Å². The van der Waals surface area contributed by atoms with Crippen LogP contribution in [0.1, 0.15) is 15.9 Å². The van der Waals surface area contributed by atoms with Crippen molar-refractivity contribution in [1.29, 1.82) is 0 Å². The second-order valence-electron chi connectivity index (χ2n) is 5.26. The third kappa shape index (κ3) is 4.58. The molecule has 0 aliphatic carbocycles. The van der Waals surface area contributed by atoms with Crippen LogP contribution in [-0.2, 0) is 9.84 Å². The quantitative estimate of drug-likeness (QED) is 0.619. The van der Waals surface area contributed by atoms with Crippen LogP contribution < -0.4 is 11.5 Å². The highest BCUT2D eigenvalue weighted by atomic mass is 32.2. The highest BCUT2D eigenvalue weighted by Crippen LogP contribution is 2.36. The van der Waals surface area contributed by atoms with Crippen LogP contribution in [0.3, 0.4) is 0 Å². The summed E-state index contributed by atoms with van der Waals surface area (Å²) in [6.45, 7) is 1.62. The molecule has 0 atom stereocenters. The van der Waals surface area contributed by atoms with Gasteiger partial charge in [-0.15, -0.1) is 0 Å². The van der Waals surface area contributed by atoms with E-state index in [0.717, 1.165) is 18.0 Å². The Morgan fingerprint density at radius 2 is 1.80 bits per heavy atom. The Morgan fingerprint density at radius 1 is 1.16 bits per heavy atom. The van der Waals surface area contributed by atoms with Gasteiger partial charge in [0.25, 0.3) is 5.91 Å². The van der Waals surface area contributed by atoms with Gasteiger partial charge in [0, 0.05) is 21.6 Å². The Labute approximate surface area is 149 Å². The molecule has 0 radical (unpaired) electrons. The van der Waals surface area contributed by atoms with E-state index < -0.39 is 27.5 Å². The van der Waals surface area contributed by atoms with Crippen LogP contribution in [-0.4, -0.2) is 26.5 Å². The predicted molar refractivity (Wildman–Crippen MR) is 95.0 cm³/mol. The zero-order chi connectivity index (χ0) is 18.8. The molecule has 2 rings (SSSR count). The first-order chi connectivity index (χ1) is 11.6. The molecule has 0 aliphatic rings. The van der Waals surface area contributed by atoms with Gasteiger partial charge in [0.15, 0.2) is 15.8 Å². The van der Waals surface area contributed by atoms with Crippen molar-refractivity contribution in [2.24, 2.45) is 16.5 Å². The first-order valence-corrected chi connectivity index (χ1v) is 9.71. The first-order valence-electron chi connectivity index (χ1n) is 7.00. The number of carbonyl (C=O) groups is 1. The largest absolute Gasteiger partial charge is 0.370 e. The Kier molecular flexibility index (Phi) is 5.48. The van der Waals surface area contributed by atoms with E-state index in [1.54, 1.807) is 25.1 Å². The Morgan fingerprint density at radius 3 is 2.36 bits per heavy atom. The number of carbonyl (C=O) groups excluding carboxylic acids is 1. The third-order valence-electron chi connectivity index (χ3n) is 3.21. The fraction of sp³-hybridized carbons (Fsp3) is 0.125. The number of benzene rings is 2. The summed E-state index contributed by atoms with van der Waals surface area (Å²) in [5.41, 5.74) is 10.9. The molecule has 0 saturated heterocycles. The van der Waals surface area contributed by atoms with Gasteiger partial charge in [-0.3, -0.25) is 4.79 Å². The molecule has 9 heteroatoms. The maximum atomic E-state index is 13.9. The molecular formula is C16H16FN3O3S2. The molecule has 6 nitrogen and oxygen atoms in total. The van der Waals surface area contributed by atoms with E-state index >= 15 is 0 Å². The van der Waals surface area contributed by atoms with Gasteiger partial charge in [-0.05, 0) is 36.8 Å². The van der Waals surface area contributed by atoms with E-state index in [2.05, 4.69) is 4.99 Å². The fourth-order valence-electron chi connectivity index (χ4n) is 2.08. The van der Waals surface area contributed by atoms with E-state index in [-0.39, 0.29) is 15.4 Å². The van der Waals surface area contributed by atoms with Crippen LogP contribution in [0.4, 0.5) is 4.39 Å². The molecule has 0 saturated carbocycles. The molecule has 0 heterocycles. The number of rotatable bonds is 4. The average Bonchev–Trinajstić information content (AvgIpc) is 2.47. The lowest BCUT2D eigenvalue weighted by Gasteiger charge is -2.12. The van der Waals surface area contributed by atoms with Gasteiger partial charge in [0.2, 0.25) is 0 Å². The van der Waals surface area contributed by atoms with Gasteiger partial charge < -0.3 is 11.5 Å². The first kappa shape index (κ1) is 18.9. The minimum absolute atomic E-state index is 0.0618. The maximum Gasteiger partial charge on any atom is 0.280 e. The molecule has 0 unspecified atom stereocenters. The summed E-state index contributed by atoms with van der Waals surface area (Å²) in [5, 5.41) is 0. The number of hydrogen-bond acceptors (Lipinski definition) is 4. The Bertz CT molecular complexity index is 969. The van der Waals surface area contributed by atoms with Crippen molar-refractivity contribution in [3.63, 3.8) is 0 Å².